The van der Waals surface area contributed by atoms with Crippen LogP contribution in [0.3, 0.4) is 0 Å². The van der Waals surface area contributed by atoms with Crippen molar-refractivity contribution >= 4 is 0 Å². The Balaban J connectivity index is 2.62. The van der Waals surface area contributed by atoms with Gasteiger partial charge in [0.2, 0.25) is 0 Å². The average Bonchev–Trinajstić information content (AvgIpc) is 2.80. The van der Waals surface area contributed by atoms with Crippen LogP contribution in [0.2, 0.25) is 0 Å². The van der Waals surface area contributed by atoms with Crippen LogP contribution in [0.4, 0.5) is 4.39 Å². The maximum Gasteiger partial charge on any atom is 0.252 e. The van der Waals surface area contributed by atoms with Gasteiger partial charge in [-0.2, -0.15) is 5.26 Å². The van der Waals surface area contributed by atoms with Gasteiger partial charge in [0.25, 0.3) is 5.82 Å². The summed E-state index contributed by atoms with van der Waals surface area (Å²) in [6.45, 7) is 3.42. The molecule has 0 spiro atoms. The van der Waals surface area contributed by atoms with Crippen LogP contribution in [0, 0.1) is 24.1 Å². The van der Waals surface area contributed by atoms with Crippen molar-refractivity contribution in [3.05, 3.63) is 41.2 Å². The summed E-state index contributed by atoms with van der Waals surface area (Å²) >= 11 is 0. The Bertz CT molecular complexity index is 624. The van der Waals surface area contributed by atoms with Crippen molar-refractivity contribution in [2.75, 3.05) is 0 Å². The van der Waals surface area contributed by atoms with Crippen LogP contribution < -0.4 is 5.73 Å². The van der Waals surface area contributed by atoms with E-state index in [1.54, 1.807) is 19.9 Å². The number of rotatable bonds is 2. The van der Waals surface area contributed by atoms with E-state index in [-0.39, 0.29) is 17.7 Å². The van der Waals surface area contributed by atoms with Gasteiger partial charge in [-0.15, -0.1) is 5.10 Å². The van der Waals surface area contributed by atoms with Gasteiger partial charge in [0.05, 0.1) is 5.69 Å². The molecule has 1 heterocycles. The second kappa shape index (κ2) is 4.55. The van der Waals surface area contributed by atoms with E-state index < -0.39 is 0 Å². The minimum atomic E-state index is -0.343. The first-order valence-electron chi connectivity index (χ1n) is 5.40. The quantitative estimate of drug-likeness (QED) is 0.871. The van der Waals surface area contributed by atoms with E-state index in [0.717, 1.165) is 0 Å². The molecule has 2 aromatic rings. The number of nitrogens with zero attached hydrogens (tertiary/aromatic N) is 4. The van der Waals surface area contributed by atoms with Crippen LogP contribution in [0.5, 0.6) is 0 Å². The molecule has 0 amide bonds. The maximum atomic E-state index is 13.6. The lowest BCUT2D eigenvalue weighted by molar-refractivity contribution is 0.611. The summed E-state index contributed by atoms with van der Waals surface area (Å²) in [5.74, 6) is -0.251. The summed E-state index contributed by atoms with van der Waals surface area (Å²) in [6.07, 6.45) is 1.41. The minimum Gasteiger partial charge on any atom is -0.324 e. The molecule has 0 fully saturated rings. The topological polar surface area (TPSA) is 80.5 Å². The van der Waals surface area contributed by atoms with Crippen molar-refractivity contribution in [1.29, 1.82) is 5.26 Å². The van der Waals surface area contributed by atoms with Crippen molar-refractivity contribution in [3.8, 4) is 11.8 Å². The van der Waals surface area contributed by atoms with E-state index in [9.17, 15) is 4.39 Å². The normalized spacial score (nSPS) is 12.2. The molecule has 2 rings (SSSR count). The third kappa shape index (κ3) is 2.08. The summed E-state index contributed by atoms with van der Waals surface area (Å²) in [7, 11) is 0. The van der Waals surface area contributed by atoms with E-state index in [1.807, 2.05) is 6.07 Å². The molecular weight excluding hydrogens is 233 g/mol. The number of aryl methyl sites for hydroxylation is 1. The number of hydrogen-bond acceptors (Lipinski definition) is 4. The number of nitriles is 1. The summed E-state index contributed by atoms with van der Waals surface area (Å²) < 4.78 is 15.0. The molecule has 0 saturated heterocycles. The van der Waals surface area contributed by atoms with Gasteiger partial charge in [-0.25, -0.2) is 14.1 Å². The largest absolute Gasteiger partial charge is 0.324 e. The molecule has 6 heteroatoms. The fourth-order valence-electron chi connectivity index (χ4n) is 1.68. The number of benzene rings is 1. The molecule has 0 saturated carbocycles. The standard InChI is InChI=1S/C12H12FN5/c1-7-3-11(9(8(2)15)4-10(7)13)18-6-16-12(5-14)17-18/h3-4,6,8H,15H2,1-2H3. The predicted molar refractivity (Wildman–Crippen MR) is 63.4 cm³/mol. The lowest BCUT2D eigenvalue weighted by Gasteiger charge is -2.13. The number of aromatic nitrogens is 3. The summed E-state index contributed by atoms with van der Waals surface area (Å²) in [4.78, 5) is 3.82. The average molecular weight is 245 g/mol. The molecule has 1 aromatic heterocycles. The highest BCUT2D eigenvalue weighted by atomic mass is 19.1. The lowest BCUT2D eigenvalue weighted by Crippen LogP contribution is -2.11. The Morgan fingerprint density at radius 2 is 2.22 bits per heavy atom. The fourth-order valence-corrected chi connectivity index (χ4v) is 1.68. The fraction of sp³-hybridized carbons (Fsp3) is 0.250. The van der Waals surface area contributed by atoms with Crippen LogP contribution in [-0.2, 0) is 0 Å². The Morgan fingerprint density at radius 3 is 2.78 bits per heavy atom. The van der Waals surface area contributed by atoms with E-state index in [2.05, 4.69) is 10.1 Å². The second-order valence-electron chi connectivity index (χ2n) is 4.07. The number of hydrogen-bond donors (Lipinski definition) is 1. The molecule has 5 nitrogen and oxygen atoms in total. The van der Waals surface area contributed by atoms with Crippen molar-refractivity contribution in [1.82, 2.24) is 14.8 Å². The first-order valence-corrected chi connectivity index (χ1v) is 5.40. The van der Waals surface area contributed by atoms with Crippen molar-refractivity contribution in [3.63, 3.8) is 0 Å². The first kappa shape index (κ1) is 12.2. The zero-order valence-corrected chi connectivity index (χ0v) is 10.1. The molecule has 0 bridgehead atoms. The smallest absolute Gasteiger partial charge is 0.252 e. The predicted octanol–water partition coefficient (Wildman–Crippen LogP) is 1.61. The third-order valence-electron chi connectivity index (χ3n) is 2.64. The van der Waals surface area contributed by atoms with Gasteiger partial charge < -0.3 is 5.73 Å². The molecule has 18 heavy (non-hydrogen) atoms. The molecule has 1 aromatic carbocycles. The van der Waals surface area contributed by atoms with Crippen LogP contribution >= 0.6 is 0 Å². The minimum absolute atomic E-state index is 0.0626. The monoisotopic (exact) mass is 245 g/mol. The van der Waals surface area contributed by atoms with Gasteiger partial charge in [0, 0.05) is 6.04 Å². The number of halogens is 1. The summed E-state index contributed by atoms with van der Waals surface area (Å²) in [5, 5.41) is 12.7. The van der Waals surface area contributed by atoms with Gasteiger partial charge in [0.15, 0.2) is 0 Å². The summed E-state index contributed by atoms with van der Waals surface area (Å²) in [6, 6.07) is 4.54. The lowest BCUT2D eigenvalue weighted by atomic mass is 10.0. The number of nitrogens with two attached hydrogens (primary N) is 1. The Morgan fingerprint density at radius 1 is 1.50 bits per heavy atom. The maximum absolute atomic E-state index is 13.6. The Hall–Kier alpha value is -2.26. The van der Waals surface area contributed by atoms with Crippen molar-refractivity contribution in [2.24, 2.45) is 5.73 Å². The molecule has 92 valence electrons. The van der Waals surface area contributed by atoms with E-state index in [1.165, 1.54) is 17.1 Å². The molecule has 0 aliphatic heterocycles. The molecule has 0 aliphatic rings. The van der Waals surface area contributed by atoms with Crippen molar-refractivity contribution in [2.45, 2.75) is 19.9 Å². The van der Waals surface area contributed by atoms with Crippen LogP contribution in [0.25, 0.3) is 5.69 Å². The van der Waals surface area contributed by atoms with Crippen LogP contribution in [-0.4, -0.2) is 14.8 Å². The van der Waals surface area contributed by atoms with Gasteiger partial charge in [0.1, 0.15) is 18.2 Å². The van der Waals surface area contributed by atoms with Crippen LogP contribution in [0.15, 0.2) is 18.5 Å². The van der Waals surface area contributed by atoms with Crippen LogP contribution in [0.1, 0.15) is 29.9 Å². The summed E-state index contributed by atoms with van der Waals surface area (Å²) in [5.41, 5.74) is 7.56. The molecule has 0 aliphatic carbocycles. The van der Waals surface area contributed by atoms with Gasteiger partial charge in [-0.1, -0.05) is 0 Å². The molecular formula is C12H12FN5. The molecule has 2 N–H and O–H groups in total. The van der Waals surface area contributed by atoms with E-state index in [4.69, 9.17) is 11.0 Å². The third-order valence-corrected chi connectivity index (χ3v) is 2.64. The van der Waals surface area contributed by atoms with Gasteiger partial charge >= 0.3 is 0 Å². The molecule has 1 unspecified atom stereocenters. The zero-order valence-electron chi connectivity index (χ0n) is 10.1. The highest BCUT2D eigenvalue weighted by molar-refractivity contribution is 5.45. The van der Waals surface area contributed by atoms with E-state index in [0.29, 0.717) is 16.8 Å². The highest BCUT2D eigenvalue weighted by Gasteiger charge is 2.13. The van der Waals surface area contributed by atoms with Gasteiger partial charge in [-0.3, -0.25) is 0 Å². The zero-order chi connectivity index (χ0) is 13.3. The van der Waals surface area contributed by atoms with Gasteiger partial charge in [-0.05, 0) is 37.1 Å². The molecule has 1 atom stereocenters. The second-order valence-corrected chi connectivity index (χ2v) is 4.07. The Kier molecular flexibility index (Phi) is 3.08. The highest BCUT2D eigenvalue weighted by Crippen LogP contribution is 2.23. The van der Waals surface area contributed by atoms with Crippen molar-refractivity contribution < 1.29 is 4.39 Å². The SMILES string of the molecule is Cc1cc(-n2cnc(C#N)n2)c(C(C)N)cc1F. The molecule has 0 radical (unpaired) electrons. The first-order chi connectivity index (χ1) is 8.52. The van der Waals surface area contributed by atoms with E-state index >= 15 is 0 Å². The Labute approximate surface area is 104 Å².